The third kappa shape index (κ3) is 5.83. The Hall–Kier alpha value is -4.90. The van der Waals surface area contributed by atoms with E-state index in [4.69, 9.17) is 18.9 Å². The summed E-state index contributed by atoms with van der Waals surface area (Å²) in [6, 6.07) is 13.6. The molecule has 2 aromatic carbocycles. The first kappa shape index (κ1) is 31.5. The van der Waals surface area contributed by atoms with Crippen molar-refractivity contribution >= 4 is 29.4 Å². The Morgan fingerprint density at radius 3 is 2.27 bits per heavy atom. The number of nitrogens with zero attached hydrogens (tertiary/aromatic N) is 3. The summed E-state index contributed by atoms with van der Waals surface area (Å²) in [6.07, 6.45) is 1.85. The SMILES string of the molecule is CCOC(=O)C1=C(C)N=c2s/c(=C\c3cc(C)n(-c4ccc(C(=O)OCC)cc4)c3C)c(=O)n2[C@H]1c1cc(OC)ccc1OC. The van der Waals surface area contributed by atoms with Gasteiger partial charge >= 0.3 is 11.9 Å². The highest BCUT2D eigenvalue weighted by Gasteiger charge is 2.35. The standard InChI is InChI=1S/C34H35N3O7S/c1-8-43-32(39)22-10-12-24(13-11-22)36-19(3)16-23(21(36)5)17-28-31(38)37-30(26-18-25(41-6)14-15-27(26)42-7)29(33(40)44-9-2)20(4)35-34(37)45-28/h10-18,30H,8-9H2,1-7H3/b28-17-/t30-/m0/s1. The fraction of sp³-hybridized carbons (Fsp3) is 0.294. The molecule has 2 aromatic heterocycles. The van der Waals surface area contributed by atoms with E-state index in [2.05, 4.69) is 9.56 Å². The second-order valence-corrected chi connectivity index (χ2v) is 11.3. The number of fused-ring (bicyclic) bond motifs is 1. The van der Waals surface area contributed by atoms with Gasteiger partial charge in [-0.25, -0.2) is 14.6 Å². The van der Waals surface area contributed by atoms with Crippen molar-refractivity contribution in [1.82, 2.24) is 9.13 Å². The molecular formula is C34H35N3O7S. The molecule has 0 saturated carbocycles. The first-order chi connectivity index (χ1) is 21.6. The van der Waals surface area contributed by atoms with E-state index in [0.29, 0.717) is 44.3 Å². The zero-order valence-electron chi connectivity index (χ0n) is 26.3. The zero-order valence-corrected chi connectivity index (χ0v) is 27.1. The molecule has 4 aromatic rings. The Kier molecular flexibility index (Phi) is 9.10. The number of carbonyl (C=O) groups is 2. The summed E-state index contributed by atoms with van der Waals surface area (Å²) in [4.78, 5) is 44.8. The van der Waals surface area contributed by atoms with Crippen LogP contribution in [0.2, 0.25) is 0 Å². The van der Waals surface area contributed by atoms with Crippen LogP contribution in [0.5, 0.6) is 11.5 Å². The summed E-state index contributed by atoms with van der Waals surface area (Å²) in [7, 11) is 3.09. The molecule has 1 aliphatic rings. The van der Waals surface area contributed by atoms with Crippen LogP contribution in [0.15, 0.2) is 69.6 Å². The van der Waals surface area contributed by atoms with Crippen LogP contribution in [0.3, 0.4) is 0 Å². The molecule has 0 aliphatic carbocycles. The number of aryl methyl sites for hydroxylation is 1. The normalized spacial score (nSPS) is 14.6. The highest BCUT2D eigenvalue weighted by Crippen LogP contribution is 2.38. The summed E-state index contributed by atoms with van der Waals surface area (Å²) in [6.45, 7) is 9.68. The number of benzene rings is 2. The predicted octanol–water partition coefficient (Wildman–Crippen LogP) is 4.40. The summed E-state index contributed by atoms with van der Waals surface area (Å²) < 4.78 is 25.7. The lowest BCUT2D eigenvalue weighted by molar-refractivity contribution is -0.139. The van der Waals surface area contributed by atoms with E-state index in [-0.39, 0.29) is 23.7 Å². The summed E-state index contributed by atoms with van der Waals surface area (Å²) in [5, 5.41) is 0. The Morgan fingerprint density at radius 1 is 0.933 bits per heavy atom. The predicted molar refractivity (Wildman–Crippen MR) is 171 cm³/mol. The molecule has 1 aliphatic heterocycles. The smallest absolute Gasteiger partial charge is 0.338 e. The van der Waals surface area contributed by atoms with Crippen LogP contribution < -0.4 is 24.4 Å². The zero-order chi connectivity index (χ0) is 32.4. The number of methoxy groups -OCH3 is 2. The van der Waals surface area contributed by atoms with E-state index in [1.165, 1.54) is 23.0 Å². The average Bonchev–Trinajstić information content (AvgIpc) is 3.49. The summed E-state index contributed by atoms with van der Waals surface area (Å²) in [5.41, 5.74) is 5.06. The van der Waals surface area contributed by atoms with Crippen molar-refractivity contribution in [3.8, 4) is 17.2 Å². The van der Waals surface area contributed by atoms with Gasteiger partial charge in [0.15, 0.2) is 4.80 Å². The van der Waals surface area contributed by atoms with Crippen molar-refractivity contribution in [2.45, 2.75) is 40.7 Å². The van der Waals surface area contributed by atoms with Crippen molar-refractivity contribution < 1.29 is 28.5 Å². The molecule has 45 heavy (non-hydrogen) atoms. The second kappa shape index (κ2) is 13.0. The van der Waals surface area contributed by atoms with Crippen LogP contribution in [0.1, 0.15) is 59.7 Å². The Labute approximate surface area is 264 Å². The second-order valence-electron chi connectivity index (χ2n) is 10.3. The van der Waals surface area contributed by atoms with E-state index in [1.807, 2.05) is 38.1 Å². The van der Waals surface area contributed by atoms with Gasteiger partial charge in [-0.15, -0.1) is 0 Å². The molecule has 3 heterocycles. The van der Waals surface area contributed by atoms with Gasteiger partial charge in [0.25, 0.3) is 5.56 Å². The van der Waals surface area contributed by atoms with Crippen molar-refractivity contribution in [2.24, 2.45) is 4.99 Å². The molecule has 234 valence electrons. The maximum Gasteiger partial charge on any atom is 0.338 e. The minimum absolute atomic E-state index is 0.170. The fourth-order valence-corrected chi connectivity index (χ4v) is 6.61. The molecule has 0 fully saturated rings. The van der Waals surface area contributed by atoms with Gasteiger partial charge in [-0.1, -0.05) is 11.3 Å². The number of ether oxygens (including phenoxy) is 4. The van der Waals surface area contributed by atoms with Gasteiger partial charge in [0, 0.05) is 22.6 Å². The molecule has 0 bridgehead atoms. The number of carbonyl (C=O) groups excluding carboxylic acids is 2. The summed E-state index contributed by atoms with van der Waals surface area (Å²) in [5.74, 6) is 0.116. The van der Waals surface area contributed by atoms with Gasteiger partial charge in [0.05, 0.1) is 48.8 Å². The molecule has 11 heteroatoms. The van der Waals surface area contributed by atoms with Crippen LogP contribution in [0.4, 0.5) is 0 Å². The Morgan fingerprint density at radius 2 is 1.62 bits per heavy atom. The van der Waals surface area contributed by atoms with Crippen LogP contribution >= 0.6 is 11.3 Å². The van der Waals surface area contributed by atoms with E-state index in [1.54, 1.807) is 58.2 Å². The van der Waals surface area contributed by atoms with Crippen molar-refractivity contribution in [3.05, 3.63) is 108 Å². The lowest BCUT2D eigenvalue weighted by Crippen LogP contribution is -2.40. The molecule has 1 atom stereocenters. The molecule has 0 unspecified atom stereocenters. The number of rotatable bonds is 9. The van der Waals surface area contributed by atoms with Gasteiger partial charge in [0.1, 0.15) is 17.5 Å². The number of esters is 2. The molecule has 0 amide bonds. The molecule has 0 radical (unpaired) electrons. The Balaban J connectivity index is 1.66. The first-order valence-electron chi connectivity index (χ1n) is 14.5. The topological polar surface area (TPSA) is 110 Å². The first-order valence-corrected chi connectivity index (χ1v) is 15.3. The molecule has 5 rings (SSSR count). The van der Waals surface area contributed by atoms with E-state index in [9.17, 15) is 14.4 Å². The maximum atomic E-state index is 14.2. The van der Waals surface area contributed by atoms with Crippen LogP contribution in [0, 0.1) is 13.8 Å². The molecular weight excluding hydrogens is 594 g/mol. The molecule has 0 spiro atoms. The van der Waals surface area contributed by atoms with Gasteiger partial charge in [-0.3, -0.25) is 9.36 Å². The molecule has 0 saturated heterocycles. The minimum Gasteiger partial charge on any atom is -0.497 e. The quantitative estimate of drug-likeness (QED) is 0.253. The van der Waals surface area contributed by atoms with Gasteiger partial charge in [-0.05, 0) is 94.8 Å². The number of aromatic nitrogens is 2. The lowest BCUT2D eigenvalue weighted by atomic mass is 9.94. The van der Waals surface area contributed by atoms with E-state index in [0.717, 1.165) is 22.6 Å². The number of allylic oxidation sites excluding steroid dienone is 1. The van der Waals surface area contributed by atoms with Gasteiger partial charge in [-0.2, -0.15) is 0 Å². The number of hydrogen-bond acceptors (Lipinski definition) is 9. The van der Waals surface area contributed by atoms with Crippen molar-refractivity contribution in [1.29, 1.82) is 0 Å². The monoisotopic (exact) mass is 629 g/mol. The minimum atomic E-state index is -0.849. The van der Waals surface area contributed by atoms with Gasteiger partial charge < -0.3 is 23.5 Å². The van der Waals surface area contributed by atoms with Crippen molar-refractivity contribution in [3.63, 3.8) is 0 Å². The van der Waals surface area contributed by atoms with E-state index >= 15 is 0 Å². The average molecular weight is 630 g/mol. The molecule has 0 N–H and O–H groups in total. The largest absolute Gasteiger partial charge is 0.497 e. The van der Waals surface area contributed by atoms with Crippen LogP contribution in [-0.2, 0) is 14.3 Å². The highest BCUT2D eigenvalue weighted by atomic mass is 32.1. The highest BCUT2D eigenvalue weighted by molar-refractivity contribution is 7.07. The van der Waals surface area contributed by atoms with Crippen LogP contribution in [-0.4, -0.2) is 48.5 Å². The number of hydrogen-bond donors (Lipinski definition) is 0. The fourth-order valence-electron chi connectivity index (χ4n) is 5.57. The third-order valence-corrected chi connectivity index (χ3v) is 8.62. The van der Waals surface area contributed by atoms with Gasteiger partial charge in [0.2, 0.25) is 0 Å². The van der Waals surface area contributed by atoms with Crippen LogP contribution in [0.25, 0.3) is 11.8 Å². The summed E-state index contributed by atoms with van der Waals surface area (Å²) >= 11 is 1.25. The third-order valence-electron chi connectivity index (χ3n) is 7.64. The molecule has 10 nitrogen and oxygen atoms in total. The number of thiazole rings is 1. The van der Waals surface area contributed by atoms with Crippen molar-refractivity contribution in [2.75, 3.05) is 27.4 Å². The lowest BCUT2D eigenvalue weighted by Gasteiger charge is -2.26. The van der Waals surface area contributed by atoms with E-state index < -0.39 is 12.0 Å². The maximum absolute atomic E-state index is 14.2. The Bertz CT molecular complexity index is 2000.